The summed E-state index contributed by atoms with van der Waals surface area (Å²) >= 11 is 0. The maximum Gasteiger partial charge on any atom is 0.236 e. The molecule has 1 amide bonds. The number of carbonyl (C=O) groups is 1. The van der Waals surface area contributed by atoms with Gasteiger partial charge in [0.25, 0.3) is 0 Å². The average molecular weight is 265 g/mol. The number of likely N-dealkylation sites (tertiary alicyclic amines) is 1. The molecule has 0 atom stereocenters. The van der Waals surface area contributed by atoms with Crippen molar-refractivity contribution in [1.82, 2.24) is 15.1 Å². The number of hydrogen-bond acceptors (Lipinski definition) is 3. The van der Waals surface area contributed by atoms with E-state index in [2.05, 4.69) is 37.0 Å². The third-order valence-electron chi connectivity index (χ3n) is 3.90. The minimum absolute atomic E-state index is 0.172. The Balaban J connectivity index is 2.25. The molecule has 1 aliphatic heterocycles. The van der Waals surface area contributed by atoms with Gasteiger partial charge in [-0.15, -0.1) is 6.42 Å². The number of nitrogens with one attached hydrogen (secondary N) is 1. The van der Waals surface area contributed by atoms with E-state index in [0.29, 0.717) is 19.1 Å². The molecule has 108 valence electrons. The minimum atomic E-state index is 0.172. The van der Waals surface area contributed by atoms with E-state index in [1.807, 2.05) is 4.90 Å². The van der Waals surface area contributed by atoms with Gasteiger partial charge < -0.3 is 9.80 Å². The van der Waals surface area contributed by atoms with Crippen molar-refractivity contribution in [3.05, 3.63) is 0 Å². The molecule has 0 spiro atoms. The fourth-order valence-electron chi connectivity index (χ4n) is 2.34. The summed E-state index contributed by atoms with van der Waals surface area (Å²) in [5, 5.41) is 2.95. The molecule has 1 aliphatic rings. The van der Waals surface area contributed by atoms with Crippen LogP contribution in [-0.2, 0) is 4.79 Å². The largest absolute Gasteiger partial charge is 0.342 e. The summed E-state index contributed by atoms with van der Waals surface area (Å²) in [6, 6.07) is 0.590. The van der Waals surface area contributed by atoms with E-state index in [0.717, 1.165) is 38.4 Å². The third-order valence-corrected chi connectivity index (χ3v) is 3.90. The van der Waals surface area contributed by atoms with E-state index in [1.165, 1.54) is 0 Å². The summed E-state index contributed by atoms with van der Waals surface area (Å²) < 4.78 is 0. The molecule has 19 heavy (non-hydrogen) atoms. The van der Waals surface area contributed by atoms with Gasteiger partial charge in [-0.05, 0) is 39.7 Å². The van der Waals surface area contributed by atoms with Crippen LogP contribution in [-0.4, -0.2) is 61.5 Å². The van der Waals surface area contributed by atoms with Gasteiger partial charge in [0.2, 0.25) is 5.91 Å². The first kappa shape index (κ1) is 16.0. The molecule has 0 aromatic rings. The van der Waals surface area contributed by atoms with Crippen molar-refractivity contribution in [3.63, 3.8) is 0 Å². The van der Waals surface area contributed by atoms with Gasteiger partial charge in [0.05, 0.1) is 13.1 Å². The van der Waals surface area contributed by atoms with E-state index in [-0.39, 0.29) is 5.91 Å². The van der Waals surface area contributed by atoms with Gasteiger partial charge in [0.1, 0.15) is 0 Å². The first-order valence-electron chi connectivity index (χ1n) is 7.16. The third kappa shape index (κ3) is 5.63. The van der Waals surface area contributed by atoms with Crippen LogP contribution in [0.2, 0.25) is 0 Å². The number of terminal acetylenes is 1. The van der Waals surface area contributed by atoms with Gasteiger partial charge in [0.15, 0.2) is 0 Å². The molecule has 1 N–H and O–H groups in total. The van der Waals surface area contributed by atoms with Gasteiger partial charge in [-0.2, -0.15) is 0 Å². The molecule has 1 saturated heterocycles. The highest BCUT2D eigenvalue weighted by Crippen LogP contribution is 2.18. The lowest BCUT2D eigenvalue weighted by atomic mass is 9.96. The number of carbonyl (C=O) groups excluding carboxylic acids is 1. The van der Waals surface area contributed by atoms with E-state index in [4.69, 9.17) is 6.42 Å². The van der Waals surface area contributed by atoms with Gasteiger partial charge in [-0.3, -0.25) is 10.1 Å². The van der Waals surface area contributed by atoms with Crippen molar-refractivity contribution in [3.8, 4) is 12.3 Å². The van der Waals surface area contributed by atoms with Crippen molar-refractivity contribution in [1.29, 1.82) is 0 Å². The van der Waals surface area contributed by atoms with Crippen LogP contribution in [0.15, 0.2) is 0 Å². The van der Waals surface area contributed by atoms with Crippen LogP contribution in [0.3, 0.4) is 0 Å². The van der Waals surface area contributed by atoms with Crippen LogP contribution in [0.25, 0.3) is 0 Å². The van der Waals surface area contributed by atoms with E-state index < -0.39 is 0 Å². The Bertz CT molecular complexity index is 314. The van der Waals surface area contributed by atoms with Crippen molar-refractivity contribution in [2.45, 2.75) is 32.7 Å². The maximum absolute atomic E-state index is 11.9. The highest BCUT2D eigenvalue weighted by atomic mass is 16.2. The smallest absolute Gasteiger partial charge is 0.236 e. The number of nitrogens with zero attached hydrogens (tertiary/aromatic N) is 2. The maximum atomic E-state index is 11.9. The number of amides is 1. The molecule has 1 rings (SSSR count). The molecule has 4 heteroatoms. The summed E-state index contributed by atoms with van der Waals surface area (Å²) in [4.78, 5) is 16.2. The molecule has 4 nitrogen and oxygen atoms in total. The Morgan fingerprint density at radius 1 is 1.47 bits per heavy atom. The highest BCUT2D eigenvalue weighted by molar-refractivity contribution is 5.78. The highest BCUT2D eigenvalue weighted by Gasteiger charge is 2.23. The van der Waals surface area contributed by atoms with Crippen molar-refractivity contribution in [2.75, 3.05) is 39.8 Å². The fraction of sp³-hybridized carbons (Fsp3) is 0.800. The van der Waals surface area contributed by atoms with Crippen molar-refractivity contribution < 1.29 is 4.79 Å². The topological polar surface area (TPSA) is 35.6 Å². The average Bonchev–Trinajstić information content (AvgIpc) is 2.39. The molecular weight excluding hydrogens is 238 g/mol. The molecule has 0 aromatic heterocycles. The molecule has 1 fully saturated rings. The van der Waals surface area contributed by atoms with Gasteiger partial charge in [-0.25, -0.2) is 0 Å². The lowest BCUT2D eigenvalue weighted by Gasteiger charge is -2.35. The number of piperidine rings is 1. The zero-order chi connectivity index (χ0) is 14.3. The predicted molar refractivity (Wildman–Crippen MR) is 78.8 cm³/mol. The SMILES string of the molecule is C#CCNCC(=O)N1CCC(CN(C)C(C)C)CC1. The Morgan fingerprint density at radius 2 is 2.11 bits per heavy atom. The molecule has 0 bridgehead atoms. The molecular formula is C15H27N3O. The van der Waals surface area contributed by atoms with Crippen molar-refractivity contribution >= 4 is 5.91 Å². The zero-order valence-electron chi connectivity index (χ0n) is 12.5. The predicted octanol–water partition coefficient (Wildman–Crippen LogP) is 0.788. The van der Waals surface area contributed by atoms with Crippen LogP contribution in [0.4, 0.5) is 0 Å². The fourth-order valence-corrected chi connectivity index (χ4v) is 2.34. The quantitative estimate of drug-likeness (QED) is 0.570. The van der Waals surface area contributed by atoms with Crippen LogP contribution in [0.5, 0.6) is 0 Å². The zero-order valence-corrected chi connectivity index (χ0v) is 12.5. The molecule has 0 radical (unpaired) electrons. The Labute approximate surface area is 117 Å². The lowest BCUT2D eigenvalue weighted by Crippen LogP contribution is -2.45. The first-order valence-corrected chi connectivity index (χ1v) is 7.16. The standard InChI is InChI=1S/C15H27N3O/c1-5-8-16-11-15(19)18-9-6-14(7-10-18)12-17(4)13(2)3/h1,13-14,16H,6-12H2,2-4H3. The Hall–Kier alpha value is -1.05. The Morgan fingerprint density at radius 3 is 2.63 bits per heavy atom. The van der Waals surface area contributed by atoms with Gasteiger partial charge in [-0.1, -0.05) is 5.92 Å². The number of rotatable bonds is 6. The summed E-state index contributed by atoms with van der Waals surface area (Å²) in [5.74, 6) is 3.37. The summed E-state index contributed by atoms with van der Waals surface area (Å²) in [5.41, 5.74) is 0. The van der Waals surface area contributed by atoms with Crippen LogP contribution in [0.1, 0.15) is 26.7 Å². The summed E-state index contributed by atoms with van der Waals surface area (Å²) in [7, 11) is 2.17. The van der Waals surface area contributed by atoms with Crippen LogP contribution in [0, 0.1) is 18.3 Å². The second-order valence-electron chi connectivity index (χ2n) is 5.67. The summed E-state index contributed by atoms with van der Waals surface area (Å²) in [6.45, 7) is 8.16. The molecule has 0 aliphatic carbocycles. The van der Waals surface area contributed by atoms with Gasteiger partial charge in [0, 0.05) is 25.7 Å². The molecule has 0 saturated carbocycles. The monoisotopic (exact) mass is 265 g/mol. The summed E-state index contributed by atoms with van der Waals surface area (Å²) in [6.07, 6.45) is 7.36. The van der Waals surface area contributed by atoms with Crippen LogP contribution < -0.4 is 5.32 Å². The van der Waals surface area contributed by atoms with Gasteiger partial charge >= 0.3 is 0 Å². The molecule has 0 unspecified atom stereocenters. The second-order valence-corrected chi connectivity index (χ2v) is 5.67. The second kappa shape index (κ2) is 8.19. The van der Waals surface area contributed by atoms with E-state index in [1.54, 1.807) is 0 Å². The van der Waals surface area contributed by atoms with E-state index in [9.17, 15) is 4.79 Å². The Kier molecular flexibility index (Phi) is 6.90. The lowest BCUT2D eigenvalue weighted by molar-refractivity contribution is -0.131. The first-order chi connectivity index (χ1) is 9.04. The van der Waals surface area contributed by atoms with E-state index >= 15 is 0 Å². The normalized spacial score (nSPS) is 16.9. The van der Waals surface area contributed by atoms with Crippen molar-refractivity contribution in [2.24, 2.45) is 5.92 Å². The number of hydrogen-bond donors (Lipinski definition) is 1. The van der Waals surface area contributed by atoms with Crippen LogP contribution >= 0.6 is 0 Å². The molecule has 0 aromatic carbocycles. The molecule has 1 heterocycles. The minimum Gasteiger partial charge on any atom is -0.342 e.